The number of hydrogen-bond donors (Lipinski definition) is 1. The summed E-state index contributed by atoms with van der Waals surface area (Å²) in [6, 6.07) is 7.78. The Hall–Kier alpha value is -2.89. The van der Waals surface area contributed by atoms with E-state index in [-0.39, 0.29) is 22.5 Å². The van der Waals surface area contributed by atoms with Crippen LogP contribution in [0.5, 0.6) is 0 Å². The quantitative estimate of drug-likeness (QED) is 0.660. The molecule has 11 heteroatoms. The Morgan fingerprint density at radius 3 is 2.47 bits per heavy atom. The van der Waals surface area contributed by atoms with Gasteiger partial charge in [0.05, 0.1) is 35.5 Å². The predicted molar refractivity (Wildman–Crippen MR) is 104 cm³/mol. The number of amides is 1. The fraction of sp³-hybridized carbons (Fsp3) is 0.263. The second-order valence-electron chi connectivity index (χ2n) is 6.72. The number of nitrogens with one attached hydrogen (secondary N) is 1. The Labute approximate surface area is 171 Å². The third kappa shape index (κ3) is 4.04. The van der Waals surface area contributed by atoms with Crippen molar-refractivity contribution in [3.63, 3.8) is 0 Å². The lowest BCUT2D eigenvalue weighted by molar-refractivity contribution is -0.116. The molecule has 0 saturated carbocycles. The minimum Gasteiger partial charge on any atom is -0.379 e. The molecule has 0 radical (unpaired) electrons. The van der Waals surface area contributed by atoms with Gasteiger partial charge in [-0.25, -0.2) is 22.2 Å². The fourth-order valence-electron chi connectivity index (χ4n) is 3.18. The molecular weight excluding hydrogens is 418 g/mol. The number of aromatic nitrogens is 2. The number of hydrogen-bond acceptors (Lipinski definition) is 5. The zero-order chi connectivity index (χ0) is 21.3. The average Bonchev–Trinajstić information content (AvgIpc) is 3.10. The van der Waals surface area contributed by atoms with Gasteiger partial charge >= 0.3 is 0 Å². The Morgan fingerprint density at radius 1 is 1.10 bits per heavy atom. The highest BCUT2D eigenvalue weighted by Crippen LogP contribution is 2.20. The van der Waals surface area contributed by atoms with Gasteiger partial charge in [-0.2, -0.15) is 4.31 Å². The van der Waals surface area contributed by atoms with Crippen molar-refractivity contribution in [2.45, 2.75) is 11.4 Å². The number of sulfonamides is 1. The van der Waals surface area contributed by atoms with Gasteiger partial charge in [0.25, 0.3) is 0 Å². The van der Waals surface area contributed by atoms with Gasteiger partial charge in [-0.3, -0.25) is 4.79 Å². The van der Waals surface area contributed by atoms with Gasteiger partial charge in [-0.1, -0.05) is 0 Å². The summed E-state index contributed by atoms with van der Waals surface area (Å²) in [5.41, 5.74) is 0.929. The van der Waals surface area contributed by atoms with E-state index in [0.717, 1.165) is 12.1 Å². The van der Waals surface area contributed by atoms with Crippen LogP contribution in [-0.2, 0) is 26.1 Å². The van der Waals surface area contributed by atoms with Crippen LogP contribution in [0.1, 0.15) is 0 Å². The minimum absolute atomic E-state index is 0.125. The molecule has 1 amide bonds. The van der Waals surface area contributed by atoms with E-state index in [1.165, 1.54) is 39.5 Å². The summed E-state index contributed by atoms with van der Waals surface area (Å²) in [6.45, 7) is 1.13. The first-order valence-corrected chi connectivity index (χ1v) is 10.6. The summed E-state index contributed by atoms with van der Waals surface area (Å²) in [4.78, 5) is 16.4. The molecule has 1 aromatic heterocycles. The molecule has 1 fully saturated rings. The molecule has 8 nitrogen and oxygen atoms in total. The van der Waals surface area contributed by atoms with E-state index in [2.05, 4.69) is 10.3 Å². The number of rotatable bonds is 5. The van der Waals surface area contributed by atoms with Crippen LogP contribution in [-0.4, -0.2) is 54.5 Å². The number of halogens is 2. The van der Waals surface area contributed by atoms with Crippen molar-refractivity contribution >= 4 is 32.7 Å². The summed E-state index contributed by atoms with van der Waals surface area (Å²) >= 11 is 0. The highest BCUT2D eigenvalue weighted by Gasteiger charge is 2.26. The number of ether oxygens (including phenoxy) is 1. The van der Waals surface area contributed by atoms with Crippen LogP contribution in [0.2, 0.25) is 0 Å². The van der Waals surface area contributed by atoms with E-state index in [1.807, 2.05) is 0 Å². The molecule has 0 unspecified atom stereocenters. The van der Waals surface area contributed by atoms with Crippen LogP contribution in [0.4, 0.5) is 14.5 Å². The van der Waals surface area contributed by atoms with Gasteiger partial charge in [0.2, 0.25) is 15.9 Å². The molecule has 2 aromatic carbocycles. The summed E-state index contributed by atoms with van der Waals surface area (Å²) in [5, 5.41) is 2.65. The molecule has 0 atom stereocenters. The second kappa shape index (κ2) is 8.09. The van der Waals surface area contributed by atoms with Crippen molar-refractivity contribution < 1.29 is 26.7 Å². The standard InChI is InChI=1S/C19H18F2N4O4S/c20-15-9-17-18(10-16(15)21)24(12-22-17)11-19(26)23-13-1-3-14(4-2-13)30(27,28)25-5-7-29-8-6-25/h1-4,9-10,12H,5-8,11H2,(H,23,26). The van der Waals surface area contributed by atoms with E-state index in [9.17, 15) is 22.0 Å². The molecule has 1 aliphatic rings. The monoisotopic (exact) mass is 436 g/mol. The normalized spacial score (nSPS) is 15.4. The highest BCUT2D eigenvalue weighted by atomic mass is 32.2. The van der Waals surface area contributed by atoms with Crippen molar-refractivity contribution in [3.8, 4) is 0 Å². The van der Waals surface area contributed by atoms with Gasteiger partial charge in [0, 0.05) is 30.9 Å². The van der Waals surface area contributed by atoms with E-state index in [1.54, 1.807) is 0 Å². The third-order valence-electron chi connectivity index (χ3n) is 4.72. The van der Waals surface area contributed by atoms with Crippen LogP contribution in [0, 0.1) is 11.6 Å². The van der Waals surface area contributed by atoms with E-state index >= 15 is 0 Å². The zero-order valence-electron chi connectivity index (χ0n) is 15.7. The molecule has 1 N–H and O–H groups in total. The highest BCUT2D eigenvalue weighted by molar-refractivity contribution is 7.89. The molecule has 0 bridgehead atoms. The Kier molecular flexibility index (Phi) is 5.50. The van der Waals surface area contributed by atoms with Gasteiger partial charge < -0.3 is 14.6 Å². The molecule has 0 aliphatic carbocycles. The SMILES string of the molecule is O=C(Cn1cnc2cc(F)c(F)cc21)Nc1ccc(S(=O)(=O)N2CCOCC2)cc1. The van der Waals surface area contributed by atoms with Gasteiger partial charge in [0.1, 0.15) is 6.54 Å². The van der Waals surface area contributed by atoms with Crippen LogP contribution < -0.4 is 5.32 Å². The molecule has 1 aliphatic heterocycles. The first kappa shape index (κ1) is 20.4. The number of benzene rings is 2. The predicted octanol–water partition coefficient (Wildman–Crippen LogP) is 1.97. The second-order valence-corrected chi connectivity index (χ2v) is 8.65. The lowest BCUT2D eigenvalue weighted by Crippen LogP contribution is -2.40. The van der Waals surface area contributed by atoms with Crippen LogP contribution in [0.3, 0.4) is 0 Å². The van der Waals surface area contributed by atoms with Gasteiger partial charge in [-0.15, -0.1) is 0 Å². The largest absolute Gasteiger partial charge is 0.379 e. The Bertz CT molecular complexity index is 1190. The van der Waals surface area contributed by atoms with Crippen molar-refractivity contribution in [2.75, 3.05) is 31.6 Å². The molecule has 30 heavy (non-hydrogen) atoms. The van der Waals surface area contributed by atoms with Gasteiger partial charge in [0.15, 0.2) is 11.6 Å². The molecule has 4 rings (SSSR count). The van der Waals surface area contributed by atoms with E-state index < -0.39 is 27.6 Å². The first-order valence-electron chi connectivity index (χ1n) is 9.12. The first-order chi connectivity index (χ1) is 14.3. The van der Waals surface area contributed by atoms with Crippen molar-refractivity contribution in [2.24, 2.45) is 0 Å². The zero-order valence-corrected chi connectivity index (χ0v) is 16.5. The number of nitrogens with zero attached hydrogens (tertiary/aromatic N) is 3. The third-order valence-corrected chi connectivity index (χ3v) is 6.64. The number of anilines is 1. The maximum atomic E-state index is 13.5. The van der Waals surface area contributed by atoms with Gasteiger partial charge in [-0.05, 0) is 24.3 Å². The van der Waals surface area contributed by atoms with Crippen molar-refractivity contribution in [3.05, 3.63) is 54.4 Å². The number of fused-ring (bicyclic) bond motifs is 1. The Morgan fingerprint density at radius 2 is 1.77 bits per heavy atom. The smallest absolute Gasteiger partial charge is 0.244 e. The summed E-state index contributed by atoms with van der Waals surface area (Å²) < 4.78 is 59.9. The number of imidazole rings is 1. The molecule has 0 spiro atoms. The topological polar surface area (TPSA) is 93.5 Å². The lowest BCUT2D eigenvalue weighted by Gasteiger charge is -2.26. The van der Waals surface area contributed by atoms with Crippen molar-refractivity contribution in [1.82, 2.24) is 13.9 Å². The Balaban J connectivity index is 1.45. The maximum absolute atomic E-state index is 13.5. The number of morpholine rings is 1. The van der Waals surface area contributed by atoms with Crippen LogP contribution in [0.25, 0.3) is 11.0 Å². The van der Waals surface area contributed by atoms with Crippen molar-refractivity contribution in [1.29, 1.82) is 0 Å². The summed E-state index contributed by atoms with van der Waals surface area (Å²) in [5.74, 6) is -2.46. The fourth-order valence-corrected chi connectivity index (χ4v) is 4.59. The molecule has 1 saturated heterocycles. The van der Waals surface area contributed by atoms with E-state index in [0.29, 0.717) is 32.0 Å². The molecular formula is C19H18F2N4O4S. The molecule has 3 aromatic rings. The number of carbonyl (C=O) groups is 1. The van der Waals surface area contributed by atoms with E-state index in [4.69, 9.17) is 4.74 Å². The summed E-state index contributed by atoms with van der Waals surface area (Å²) in [6.07, 6.45) is 1.32. The maximum Gasteiger partial charge on any atom is 0.244 e. The molecule has 2 heterocycles. The molecule has 158 valence electrons. The van der Waals surface area contributed by atoms with Crippen LogP contribution in [0.15, 0.2) is 47.6 Å². The average molecular weight is 436 g/mol. The van der Waals surface area contributed by atoms with Crippen LogP contribution >= 0.6 is 0 Å². The summed E-state index contributed by atoms with van der Waals surface area (Å²) in [7, 11) is -3.62. The lowest BCUT2D eigenvalue weighted by atomic mass is 10.3. The minimum atomic E-state index is -3.62. The number of carbonyl (C=O) groups excluding carboxylic acids is 1.